The first-order chi connectivity index (χ1) is 14.6. The van der Waals surface area contributed by atoms with E-state index in [1.54, 1.807) is 14.2 Å². The number of carbonyl (C=O) groups excluding carboxylic acids is 1. The maximum Gasteiger partial charge on any atom is 0.317 e. The molecule has 1 unspecified atom stereocenters. The smallest absolute Gasteiger partial charge is 0.317 e. The first kappa shape index (κ1) is 22.0. The Morgan fingerprint density at radius 3 is 2.60 bits per heavy atom. The Balaban J connectivity index is 1.49. The standard InChI is InChI=1S/C24H33N3O3/c1-26(15-13-19-11-12-22(29-2)23(16-19)30-3)21-10-7-14-27(18-21)24(28)25-17-20-8-5-4-6-9-20/h4-6,8-9,11-12,16,21H,7,10,13-15,17-18H2,1-3H3,(H,25,28). The second-order valence-electron chi connectivity index (χ2n) is 7.81. The summed E-state index contributed by atoms with van der Waals surface area (Å²) in [6.07, 6.45) is 3.07. The van der Waals surface area contributed by atoms with E-state index in [1.165, 1.54) is 5.56 Å². The molecule has 1 atom stereocenters. The minimum atomic E-state index is 0.0249. The van der Waals surface area contributed by atoms with Crippen LogP contribution in [-0.4, -0.2) is 62.8 Å². The summed E-state index contributed by atoms with van der Waals surface area (Å²) in [5, 5.41) is 3.05. The monoisotopic (exact) mass is 411 g/mol. The van der Waals surface area contributed by atoms with Gasteiger partial charge >= 0.3 is 6.03 Å². The van der Waals surface area contributed by atoms with Gasteiger partial charge in [0.1, 0.15) is 0 Å². The maximum atomic E-state index is 12.6. The van der Waals surface area contributed by atoms with Gasteiger partial charge in [0.05, 0.1) is 14.2 Å². The van der Waals surface area contributed by atoms with Gasteiger partial charge in [0.2, 0.25) is 0 Å². The summed E-state index contributed by atoms with van der Waals surface area (Å²) in [7, 11) is 5.46. The first-order valence-electron chi connectivity index (χ1n) is 10.6. The highest BCUT2D eigenvalue weighted by molar-refractivity contribution is 5.74. The van der Waals surface area contributed by atoms with E-state index in [4.69, 9.17) is 9.47 Å². The van der Waals surface area contributed by atoms with Crippen molar-refractivity contribution in [3.63, 3.8) is 0 Å². The van der Waals surface area contributed by atoms with Crippen LogP contribution in [0.3, 0.4) is 0 Å². The van der Waals surface area contributed by atoms with Crippen LogP contribution in [-0.2, 0) is 13.0 Å². The molecule has 0 saturated carbocycles. The normalized spacial score (nSPS) is 16.4. The molecular weight excluding hydrogens is 378 g/mol. The van der Waals surface area contributed by atoms with Gasteiger partial charge in [0, 0.05) is 32.2 Å². The number of carbonyl (C=O) groups is 1. The van der Waals surface area contributed by atoms with Crippen molar-refractivity contribution >= 4 is 6.03 Å². The van der Waals surface area contributed by atoms with E-state index in [9.17, 15) is 4.79 Å². The van der Waals surface area contributed by atoms with E-state index in [-0.39, 0.29) is 6.03 Å². The zero-order valence-electron chi connectivity index (χ0n) is 18.3. The Labute approximate surface area is 179 Å². The van der Waals surface area contributed by atoms with Crippen LogP contribution in [0.15, 0.2) is 48.5 Å². The van der Waals surface area contributed by atoms with Crippen LogP contribution >= 0.6 is 0 Å². The zero-order valence-corrected chi connectivity index (χ0v) is 18.3. The summed E-state index contributed by atoms with van der Waals surface area (Å²) in [6.45, 7) is 3.08. The number of benzene rings is 2. The molecule has 1 aliphatic heterocycles. The van der Waals surface area contributed by atoms with Crippen LogP contribution in [0.4, 0.5) is 4.79 Å². The molecule has 1 N–H and O–H groups in total. The number of hydrogen-bond donors (Lipinski definition) is 1. The van der Waals surface area contributed by atoms with E-state index < -0.39 is 0 Å². The van der Waals surface area contributed by atoms with Crippen LogP contribution in [0.1, 0.15) is 24.0 Å². The van der Waals surface area contributed by atoms with Gasteiger partial charge in [-0.05, 0) is 49.6 Å². The second-order valence-corrected chi connectivity index (χ2v) is 7.81. The third kappa shape index (κ3) is 5.89. The van der Waals surface area contributed by atoms with Crippen LogP contribution < -0.4 is 14.8 Å². The summed E-state index contributed by atoms with van der Waals surface area (Å²) in [5.41, 5.74) is 2.33. The lowest BCUT2D eigenvalue weighted by Gasteiger charge is -2.37. The number of nitrogens with one attached hydrogen (secondary N) is 1. The lowest BCUT2D eigenvalue weighted by Crippen LogP contribution is -2.51. The third-order valence-corrected chi connectivity index (χ3v) is 5.79. The summed E-state index contributed by atoms with van der Waals surface area (Å²) >= 11 is 0. The predicted molar refractivity (Wildman–Crippen MR) is 119 cm³/mol. The number of rotatable bonds is 8. The number of likely N-dealkylation sites (tertiary alicyclic amines) is 1. The van der Waals surface area contributed by atoms with Crippen LogP contribution in [0, 0.1) is 0 Å². The molecule has 6 heteroatoms. The van der Waals surface area contributed by atoms with Crippen LogP contribution in [0.2, 0.25) is 0 Å². The van der Waals surface area contributed by atoms with Gasteiger partial charge in [-0.2, -0.15) is 0 Å². The number of likely N-dealkylation sites (N-methyl/N-ethyl adjacent to an activating group) is 1. The highest BCUT2D eigenvalue weighted by atomic mass is 16.5. The van der Waals surface area contributed by atoms with Crippen molar-refractivity contribution < 1.29 is 14.3 Å². The van der Waals surface area contributed by atoms with Crippen molar-refractivity contribution in [2.45, 2.75) is 31.8 Å². The maximum absolute atomic E-state index is 12.6. The molecule has 0 aliphatic carbocycles. The SMILES string of the molecule is COc1ccc(CCN(C)C2CCCN(C(=O)NCc3ccccc3)C2)cc1OC. The van der Waals surface area contributed by atoms with Gasteiger partial charge in [-0.1, -0.05) is 36.4 Å². The number of methoxy groups -OCH3 is 2. The Kier molecular flexibility index (Phi) is 7.97. The molecule has 0 spiro atoms. The predicted octanol–water partition coefficient (Wildman–Crippen LogP) is 3.55. The number of piperidine rings is 1. The first-order valence-corrected chi connectivity index (χ1v) is 10.6. The molecule has 0 bridgehead atoms. The Hall–Kier alpha value is -2.73. The number of ether oxygens (including phenoxy) is 2. The van der Waals surface area contributed by atoms with Crippen molar-refractivity contribution in [2.24, 2.45) is 0 Å². The minimum absolute atomic E-state index is 0.0249. The van der Waals surface area contributed by atoms with Crippen LogP contribution in [0.5, 0.6) is 11.5 Å². The summed E-state index contributed by atoms with van der Waals surface area (Å²) in [4.78, 5) is 16.9. The Morgan fingerprint density at radius 2 is 1.87 bits per heavy atom. The fraction of sp³-hybridized carbons (Fsp3) is 0.458. The fourth-order valence-corrected chi connectivity index (χ4v) is 3.91. The molecule has 6 nitrogen and oxygen atoms in total. The van der Waals surface area contributed by atoms with Gasteiger partial charge in [-0.3, -0.25) is 0 Å². The molecule has 2 amide bonds. The van der Waals surface area contributed by atoms with E-state index in [0.29, 0.717) is 12.6 Å². The number of nitrogens with zero attached hydrogens (tertiary/aromatic N) is 2. The molecule has 2 aromatic rings. The van der Waals surface area contributed by atoms with Crippen LogP contribution in [0.25, 0.3) is 0 Å². The third-order valence-electron chi connectivity index (χ3n) is 5.79. The van der Waals surface area contributed by atoms with E-state index in [0.717, 1.165) is 56.0 Å². The zero-order chi connectivity index (χ0) is 21.3. The topological polar surface area (TPSA) is 54.0 Å². The summed E-state index contributed by atoms with van der Waals surface area (Å²) in [6, 6.07) is 16.5. The Bertz CT molecular complexity index is 813. The molecule has 1 saturated heterocycles. The average Bonchev–Trinajstić information content (AvgIpc) is 2.81. The molecule has 3 rings (SSSR count). The molecule has 0 aromatic heterocycles. The molecule has 1 aliphatic rings. The van der Waals surface area contributed by atoms with Crippen molar-refractivity contribution in [1.82, 2.24) is 15.1 Å². The van der Waals surface area contributed by atoms with Crippen molar-refractivity contribution in [1.29, 1.82) is 0 Å². The second kappa shape index (κ2) is 10.9. The van der Waals surface area contributed by atoms with Gasteiger partial charge in [0.15, 0.2) is 11.5 Å². The number of urea groups is 1. The quantitative estimate of drug-likeness (QED) is 0.722. The summed E-state index contributed by atoms with van der Waals surface area (Å²) in [5.74, 6) is 1.51. The fourth-order valence-electron chi connectivity index (χ4n) is 3.91. The van der Waals surface area contributed by atoms with E-state index >= 15 is 0 Å². The van der Waals surface area contributed by atoms with Gasteiger partial charge in [-0.25, -0.2) is 4.79 Å². The molecular formula is C24H33N3O3. The molecule has 162 valence electrons. The lowest BCUT2D eigenvalue weighted by atomic mass is 10.0. The molecule has 1 heterocycles. The molecule has 30 heavy (non-hydrogen) atoms. The lowest BCUT2D eigenvalue weighted by molar-refractivity contribution is 0.126. The average molecular weight is 412 g/mol. The number of amides is 2. The van der Waals surface area contributed by atoms with Gasteiger partial charge in [-0.15, -0.1) is 0 Å². The molecule has 2 aromatic carbocycles. The highest BCUT2D eigenvalue weighted by Crippen LogP contribution is 2.28. The minimum Gasteiger partial charge on any atom is -0.493 e. The molecule has 0 radical (unpaired) electrons. The van der Waals surface area contributed by atoms with Crippen molar-refractivity contribution in [3.8, 4) is 11.5 Å². The van der Waals surface area contributed by atoms with Crippen molar-refractivity contribution in [2.75, 3.05) is 40.9 Å². The number of hydrogen-bond acceptors (Lipinski definition) is 4. The van der Waals surface area contributed by atoms with E-state index in [2.05, 4.69) is 23.3 Å². The van der Waals surface area contributed by atoms with Gasteiger partial charge < -0.3 is 24.6 Å². The largest absolute Gasteiger partial charge is 0.493 e. The van der Waals surface area contributed by atoms with Gasteiger partial charge in [0.25, 0.3) is 0 Å². The van der Waals surface area contributed by atoms with Crippen molar-refractivity contribution in [3.05, 3.63) is 59.7 Å². The summed E-state index contributed by atoms with van der Waals surface area (Å²) < 4.78 is 10.7. The Morgan fingerprint density at radius 1 is 1.10 bits per heavy atom. The molecule has 1 fully saturated rings. The highest BCUT2D eigenvalue weighted by Gasteiger charge is 2.26. The van der Waals surface area contributed by atoms with E-state index in [1.807, 2.05) is 47.4 Å².